The largest absolute Gasteiger partial charge is 0.409 e. The topological polar surface area (TPSA) is 71.1 Å². The Morgan fingerprint density at radius 1 is 1.29 bits per heavy atom. The predicted octanol–water partition coefficient (Wildman–Crippen LogP) is 0.806. The summed E-state index contributed by atoms with van der Waals surface area (Å²) in [6.07, 6.45) is 0. The molecular formula is C12H17N3O2. The number of amidine groups is 1. The summed E-state index contributed by atoms with van der Waals surface area (Å²) in [5.74, 6) is 0.220. The fourth-order valence-corrected chi connectivity index (χ4v) is 2.09. The third kappa shape index (κ3) is 2.75. The van der Waals surface area contributed by atoms with Crippen molar-refractivity contribution in [3.63, 3.8) is 0 Å². The molecule has 0 amide bonds. The molecule has 5 heteroatoms. The molecule has 0 spiro atoms. The summed E-state index contributed by atoms with van der Waals surface area (Å²) in [5.41, 5.74) is 6.83. The van der Waals surface area contributed by atoms with Crippen LogP contribution in [0, 0.1) is 0 Å². The van der Waals surface area contributed by atoms with Crippen molar-refractivity contribution in [2.45, 2.75) is 6.04 Å². The fourth-order valence-electron chi connectivity index (χ4n) is 2.09. The lowest BCUT2D eigenvalue weighted by molar-refractivity contribution is 0.0280. The molecule has 92 valence electrons. The van der Waals surface area contributed by atoms with Gasteiger partial charge >= 0.3 is 0 Å². The molecule has 0 aromatic heterocycles. The van der Waals surface area contributed by atoms with Crippen LogP contribution < -0.4 is 5.73 Å². The van der Waals surface area contributed by atoms with E-state index in [1.165, 1.54) is 0 Å². The van der Waals surface area contributed by atoms with E-state index in [4.69, 9.17) is 15.7 Å². The summed E-state index contributed by atoms with van der Waals surface area (Å²) in [6.45, 7) is 2.94. The second-order valence-corrected chi connectivity index (χ2v) is 3.99. The number of nitrogens with zero attached hydrogens (tertiary/aromatic N) is 2. The Morgan fingerprint density at radius 3 is 2.53 bits per heavy atom. The lowest BCUT2D eigenvalue weighted by Crippen LogP contribution is -2.44. The van der Waals surface area contributed by atoms with Crippen molar-refractivity contribution in [1.29, 1.82) is 0 Å². The lowest BCUT2D eigenvalue weighted by Gasteiger charge is -2.33. The first-order chi connectivity index (χ1) is 8.33. The van der Waals surface area contributed by atoms with Gasteiger partial charge in [-0.25, -0.2) is 0 Å². The van der Waals surface area contributed by atoms with E-state index in [0.29, 0.717) is 13.2 Å². The minimum atomic E-state index is -0.176. The molecule has 0 saturated carbocycles. The van der Waals surface area contributed by atoms with Crippen LogP contribution in [0.4, 0.5) is 0 Å². The average Bonchev–Trinajstić information content (AvgIpc) is 2.41. The van der Waals surface area contributed by atoms with Crippen molar-refractivity contribution in [1.82, 2.24) is 4.90 Å². The second-order valence-electron chi connectivity index (χ2n) is 3.99. The molecule has 1 aromatic carbocycles. The standard InChI is InChI=1S/C12H17N3O2/c13-12(14-16)11(10-4-2-1-3-5-10)15-6-8-17-9-7-15/h1-5,11,16H,6-9H2,(H2,13,14)/t11-/m0/s1. The second kappa shape index (κ2) is 5.65. The Bertz CT molecular complexity index is 375. The minimum absolute atomic E-state index is 0.176. The summed E-state index contributed by atoms with van der Waals surface area (Å²) in [5, 5.41) is 12.1. The molecule has 0 unspecified atom stereocenters. The Kier molecular flexibility index (Phi) is 3.95. The average molecular weight is 235 g/mol. The van der Waals surface area contributed by atoms with Crippen molar-refractivity contribution >= 4 is 5.84 Å². The molecule has 1 saturated heterocycles. The van der Waals surface area contributed by atoms with Crippen LogP contribution in [0.25, 0.3) is 0 Å². The number of hydrogen-bond acceptors (Lipinski definition) is 4. The van der Waals surface area contributed by atoms with Crippen molar-refractivity contribution in [2.75, 3.05) is 26.3 Å². The maximum Gasteiger partial charge on any atom is 0.161 e. The SMILES string of the molecule is N/C(=N/O)[C@H](c1ccccc1)N1CCOCC1. The highest BCUT2D eigenvalue weighted by molar-refractivity contribution is 5.86. The van der Waals surface area contributed by atoms with E-state index in [0.717, 1.165) is 18.7 Å². The van der Waals surface area contributed by atoms with Gasteiger partial charge in [-0.3, -0.25) is 4.90 Å². The van der Waals surface area contributed by atoms with Gasteiger partial charge in [-0.2, -0.15) is 0 Å². The van der Waals surface area contributed by atoms with Crippen LogP contribution in [-0.4, -0.2) is 42.2 Å². The quantitative estimate of drug-likeness (QED) is 0.352. The molecule has 0 radical (unpaired) electrons. The van der Waals surface area contributed by atoms with Gasteiger partial charge < -0.3 is 15.7 Å². The Hall–Kier alpha value is -1.59. The Morgan fingerprint density at radius 2 is 1.94 bits per heavy atom. The van der Waals surface area contributed by atoms with Crippen molar-refractivity contribution in [3.8, 4) is 0 Å². The highest BCUT2D eigenvalue weighted by Crippen LogP contribution is 2.21. The van der Waals surface area contributed by atoms with Crippen LogP contribution in [0.1, 0.15) is 11.6 Å². The number of oxime groups is 1. The first-order valence-corrected chi connectivity index (χ1v) is 5.67. The van der Waals surface area contributed by atoms with Crippen molar-refractivity contribution in [3.05, 3.63) is 35.9 Å². The smallest absolute Gasteiger partial charge is 0.161 e. The zero-order chi connectivity index (χ0) is 12.1. The van der Waals surface area contributed by atoms with Gasteiger partial charge in [0.2, 0.25) is 0 Å². The normalized spacial score (nSPS) is 20.1. The number of nitrogens with two attached hydrogens (primary N) is 1. The summed E-state index contributed by atoms with van der Waals surface area (Å²) in [6, 6.07) is 9.65. The van der Waals surface area contributed by atoms with Crippen LogP contribution in [0.2, 0.25) is 0 Å². The third-order valence-corrected chi connectivity index (χ3v) is 2.92. The molecule has 1 aliphatic heterocycles. The molecule has 5 nitrogen and oxygen atoms in total. The van der Waals surface area contributed by atoms with Gasteiger partial charge in [-0.05, 0) is 5.56 Å². The summed E-state index contributed by atoms with van der Waals surface area (Å²) >= 11 is 0. The van der Waals surface area contributed by atoms with Gasteiger partial charge in [0.1, 0.15) is 0 Å². The molecule has 0 aliphatic carbocycles. The Balaban J connectivity index is 2.25. The van der Waals surface area contributed by atoms with Gasteiger partial charge in [0.15, 0.2) is 5.84 Å². The van der Waals surface area contributed by atoms with Crippen LogP contribution in [0.3, 0.4) is 0 Å². The zero-order valence-corrected chi connectivity index (χ0v) is 9.62. The van der Waals surface area contributed by atoms with E-state index in [1.807, 2.05) is 30.3 Å². The fraction of sp³-hybridized carbons (Fsp3) is 0.417. The number of rotatable bonds is 3. The van der Waals surface area contributed by atoms with Gasteiger partial charge in [-0.15, -0.1) is 0 Å². The minimum Gasteiger partial charge on any atom is -0.409 e. The van der Waals surface area contributed by atoms with Gasteiger partial charge in [0.05, 0.1) is 19.3 Å². The molecule has 1 fully saturated rings. The molecule has 1 aromatic rings. The van der Waals surface area contributed by atoms with E-state index in [2.05, 4.69) is 10.1 Å². The maximum atomic E-state index is 8.90. The lowest BCUT2D eigenvalue weighted by atomic mass is 10.0. The highest BCUT2D eigenvalue weighted by Gasteiger charge is 2.25. The van der Waals surface area contributed by atoms with E-state index in [1.54, 1.807) is 0 Å². The van der Waals surface area contributed by atoms with Crippen LogP contribution in [-0.2, 0) is 4.74 Å². The summed E-state index contributed by atoms with van der Waals surface area (Å²) < 4.78 is 5.31. The molecule has 0 bridgehead atoms. The van der Waals surface area contributed by atoms with E-state index in [9.17, 15) is 0 Å². The van der Waals surface area contributed by atoms with Crippen LogP contribution >= 0.6 is 0 Å². The highest BCUT2D eigenvalue weighted by atomic mass is 16.5. The molecule has 1 heterocycles. The van der Waals surface area contributed by atoms with Gasteiger partial charge in [-0.1, -0.05) is 35.5 Å². The molecule has 17 heavy (non-hydrogen) atoms. The van der Waals surface area contributed by atoms with Gasteiger partial charge in [0.25, 0.3) is 0 Å². The Labute approximate surface area is 100 Å². The first-order valence-electron chi connectivity index (χ1n) is 5.67. The molecule has 1 atom stereocenters. The van der Waals surface area contributed by atoms with E-state index < -0.39 is 0 Å². The summed E-state index contributed by atoms with van der Waals surface area (Å²) in [4.78, 5) is 2.16. The molecule has 2 rings (SSSR count). The van der Waals surface area contributed by atoms with Crippen molar-refractivity contribution < 1.29 is 9.94 Å². The number of hydrogen-bond donors (Lipinski definition) is 2. The number of benzene rings is 1. The van der Waals surface area contributed by atoms with Crippen LogP contribution in [0.5, 0.6) is 0 Å². The predicted molar refractivity (Wildman–Crippen MR) is 65.0 cm³/mol. The van der Waals surface area contributed by atoms with Crippen molar-refractivity contribution in [2.24, 2.45) is 10.9 Å². The number of ether oxygens (including phenoxy) is 1. The molecule has 1 aliphatic rings. The van der Waals surface area contributed by atoms with E-state index >= 15 is 0 Å². The van der Waals surface area contributed by atoms with Gasteiger partial charge in [0, 0.05) is 13.1 Å². The van der Waals surface area contributed by atoms with Crippen LogP contribution in [0.15, 0.2) is 35.5 Å². The molecular weight excluding hydrogens is 218 g/mol. The zero-order valence-electron chi connectivity index (χ0n) is 9.62. The number of morpholine rings is 1. The first kappa shape index (κ1) is 11.9. The maximum absolute atomic E-state index is 8.90. The molecule has 3 N–H and O–H groups in total. The van der Waals surface area contributed by atoms with E-state index in [-0.39, 0.29) is 11.9 Å². The third-order valence-electron chi connectivity index (χ3n) is 2.92. The summed E-state index contributed by atoms with van der Waals surface area (Å²) in [7, 11) is 0. The monoisotopic (exact) mass is 235 g/mol.